The van der Waals surface area contributed by atoms with Crippen molar-refractivity contribution in [3.63, 3.8) is 0 Å². The van der Waals surface area contributed by atoms with Crippen molar-refractivity contribution in [2.75, 3.05) is 6.54 Å². The summed E-state index contributed by atoms with van der Waals surface area (Å²) in [5.74, 6) is 0.617. The second kappa shape index (κ2) is 7.06. The van der Waals surface area contributed by atoms with Crippen LogP contribution in [-0.4, -0.2) is 22.5 Å². The molecule has 1 aromatic heterocycles. The van der Waals surface area contributed by atoms with Crippen LogP contribution < -0.4 is 0 Å². The van der Waals surface area contributed by atoms with Gasteiger partial charge in [0.25, 0.3) is 5.91 Å². The molecule has 1 aliphatic rings. The normalized spacial score (nSPS) is 18.3. The SMILES string of the molecule is CCCN1C(=O)/C(=C/c2ccco2)SC1=Nc1ccc(Cl)cc1. The van der Waals surface area contributed by atoms with E-state index in [4.69, 9.17) is 16.0 Å². The van der Waals surface area contributed by atoms with Crippen LogP contribution in [-0.2, 0) is 4.79 Å². The fourth-order valence-electron chi connectivity index (χ4n) is 2.14. The molecule has 0 N–H and O–H groups in total. The van der Waals surface area contributed by atoms with Crippen molar-refractivity contribution in [1.29, 1.82) is 0 Å². The van der Waals surface area contributed by atoms with Gasteiger partial charge in [-0.3, -0.25) is 9.69 Å². The number of furan rings is 1. The maximum absolute atomic E-state index is 12.6. The van der Waals surface area contributed by atoms with Crippen molar-refractivity contribution in [2.45, 2.75) is 13.3 Å². The maximum Gasteiger partial charge on any atom is 0.266 e. The van der Waals surface area contributed by atoms with Gasteiger partial charge in [-0.25, -0.2) is 4.99 Å². The molecule has 0 saturated carbocycles. The summed E-state index contributed by atoms with van der Waals surface area (Å²) in [6.45, 7) is 2.67. The van der Waals surface area contributed by atoms with Crippen molar-refractivity contribution in [3.8, 4) is 0 Å². The van der Waals surface area contributed by atoms with Crippen molar-refractivity contribution in [2.24, 2.45) is 4.99 Å². The molecule has 1 aliphatic heterocycles. The standard InChI is InChI=1S/C17H15ClN2O2S/c1-2-9-20-16(21)15(11-14-4-3-10-22-14)23-17(20)19-13-7-5-12(18)6-8-13/h3-8,10-11H,2,9H2,1H3/b15-11-,19-17?. The molecule has 4 nitrogen and oxygen atoms in total. The summed E-state index contributed by atoms with van der Waals surface area (Å²) in [6, 6.07) is 10.8. The summed E-state index contributed by atoms with van der Waals surface area (Å²) in [5.41, 5.74) is 0.769. The molecule has 0 bridgehead atoms. The van der Waals surface area contributed by atoms with Gasteiger partial charge in [0.2, 0.25) is 0 Å². The number of hydrogen-bond donors (Lipinski definition) is 0. The summed E-state index contributed by atoms with van der Waals surface area (Å²) in [4.78, 5) is 19.5. The molecule has 0 atom stereocenters. The van der Waals surface area contributed by atoms with Crippen molar-refractivity contribution in [3.05, 3.63) is 58.3 Å². The van der Waals surface area contributed by atoms with Gasteiger partial charge in [0.05, 0.1) is 16.9 Å². The van der Waals surface area contributed by atoms with E-state index in [0.717, 1.165) is 12.1 Å². The Kier molecular flexibility index (Phi) is 4.88. The third kappa shape index (κ3) is 3.68. The first-order valence-corrected chi connectivity index (χ1v) is 8.46. The Morgan fingerprint density at radius 1 is 1.30 bits per heavy atom. The fourth-order valence-corrected chi connectivity index (χ4v) is 3.27. The highest BCUT2D eigenvalue weighted by Gasteiger charge is 2.32. The minimum Gasteiger partial charge on any atom is -0.465 e. The van der Waals surface area contributed by atoms with E-state index in [1.165, 1.54) is 11.8 Å². The third-order valence-corrected chi connectivity index (χ3v) is 4.46. The lowest BCUT2D eigenvalue weighted by Gasteiger charge is -2.13. The summed E-state index contributed by atoms with van der Waals surface area (Å²) in [6.07, 6.45) is 4.20. The minimum atomic E-state index is -0.0408. The average molecular weight is 347 g/mol. The molecule has 6 heteroatoms. The van der Waals surface area contributed by atoms with E-state index >= 15 is 0 Å². The van der Waals surface area contributed by atoms with Crippen molar-refractivity contribution in [1.82, 2.24) is 4.90 Å². The van der Waals surface area contributed by atoms with Crippen LogP contribution in [0, 0.1) is 0 Å². The van der Waals surface area contributed by atoms with Gasteiger partial charge in [0.15, 0.2) is 5.17 Å². The van der Waals surface area contributed by atoms with E-state index in [1.54, 1.807) is 35.4 Å². The summed E-state index contributed by atoms with van der Waals surface area (Å²) in [7, 11) is 0. The zero-order valence-electron chi connectivity index (χ0n) is 12.5. The molecule has 2 aromatic rings. The molecular formula is C17H15ClN2O2S. The summed E-state index contributed by atoms with van der Waals surface area (Å²) in [5, 5.41) is 1.34. The van der Waals surface area contributed by atoms with Crippen LogP contribution in [0.3, 0.4) is 0 Å². The van der Waals surface area contributed by atoms with Gasteiger partial charge in [0.1, 0.15) is 5.76 Å². The number of thioether (sulfide) groups is 1. The zero-order chi connectivity index (χ0) is 16.2. The fraction of sp³-hybridized carbons (Fsp3) is 0.176. The highest BCUT2D eigenvalue weighted by Crippen LogP contribution is 2.34. The van der Waals surface area contributed by atoms with E-state index < -0.39 is 0 Å². The molecule has 118 valence electrons. The number of aliphatic imine (C=N–C) groups is 1. The second-order valence-corrected chi connectivity index (χ2v) is 6.40. The Balaban J connectivity index is 1.92. The molecule has 1 fully saturated rings. The molecule has 23 heavy (non-hydrogen) atoms. The molecule has 1 saturated heterocycles. The van der Waals surface area contributed by atoms with Crippen LogP contribution in [0.4, 0.5) is 5.69 Å². The van der Waals surface area contributed by atoms with Gasteiger partial charge in [-0.05, 0) is 54.6 Å². The number of halogens is 1. The molecule has 1 aromatic carbocycles. The molecular weight excluding hydrogens is 332 g/mol. The number of rotatable bonds is 4. The lowest BCUT2D eigenvalue weighted by atomic mass is 10.3. The maximum atomic E-state index is 12.6. The molecule has 2 heterocycles. The van der Waals surface area contributed by atoms with Crippen molar-refractivity contribution < 1.29 is 9.21 Å². The predicted molar refractivity (Wildman–Crippen MR) is 94.8 cm³/mol. The Bertz CT molecular complexity index is 751. The van der Waals surface area contributed by atoms with Gasteiger partial charge in [0, 0.05) is 17.6 Å². The third-order valence-electron chi connectivity index (χ3n) is 3.20. The van der Waals surface area contributed by atoms with Crippen LogP contribution >= 0.6 is 23.4 Å². The largest absolute Gasteiger partial charge is 0.465 e. The first-order valence-electron chi connectivity index (χ1n) is 7.26. The van der Waals surface area contributed by atoms with Crippen molar-refractivity contribution >= 4 is 46.2 Å². The Morgan fingerprint density at radius 3 is 2.74 bits per heavy atom. The smallest absolute Gasteiger partial charge is 0.266 e. The first kappa shape index (κ1) is 15.9. The van der Waals surface area contributed by atoms with E-state index in [0.29, 0.717) is 27.4 Å². The molecule has 0 unspecified atom stereocenters. The highest BCUT2D eigenvalue weighted by atomic mass is 35.5. The Labute approximate surface area is 143 Å². The quantitative estimate of drug-likeness (QED) is 0.736. The van der Waals surface area contributed by atoms with Crippen LogP contribution in [0.5, 0.6) is 0 Å². The van der Waals surface area contributed by atoms with E-state index in [-0.39, 0.29) is 5.91 Å². The van der Waals surface area contributed by atoms with Crippen LogP contribution in [0.25, 0.3) is 6.08 Å². The van der Waals surface area contributed by atoms with E-state index in [9.17, 15) is 4.79 Å². The lowest BCUT2D eigenvalue weighted by Crippen LogP contribution is -2.29. The second-order valence-electron chi connectivity index (χ2n) is 4.95. The molecule has 0 aliphatic carbocycles. The number of benzene rings is 1. The Morgan fingerprint density at radius 2 is 2.09 bits per heavy atom. The van der Waals surface area contributed by atoms with Crippen LogP contribution in [0.2, 0.25) is 5.02 Å². The highest BCUT2D eigenvalue weighted by molar-refractivity contribution is 8.18. The number of amidine groups is 1. The van der Waals surface area contributed by atoms with Crippen LogP contribution in [0.15, 0.2) is 57.0 Å². The number of hydrogen-bond acceptors (Lipinski definition) is 4. The van der Waals surface area contributed by atoms with Gasteiger partial charge in [-0.15, -0.1) is 0 Å². The number of carbonyl (C=O) groups excluding carboxylic acids is 1. The summed E-state index contributed by atoms with van der Waals surface area (Å²) < 4.78 is 5.29. The van der Waals surface area contributed by atoms with E-state index in [1.807, 2.05) is 25.1 Å². The minimum absolute atomic E-state index is 0.0408. The van der Waals surface area contributed by atoms with Gasteiger partial charge in [-0.2, -0.15) is 0 Å². The van der Waals surface area contributed by atoms with Gasteiger partial charge in [-0.1, -0.05) is 18.5 Å². The molecule has 1 amide bonds. The molecule has 0 radical (unpaired) electrons. The number of carbonyl (C=O) groups is 1. The monoisotopic (exact) mass is 346 g/mol. The topological polar surface area (TPSA) is 45.8 Å². The molecule has 3 rings (SSSR count). The zero-order valence-corrected chi connectivity index (χ0v) is 14.1. The van der Waals surface area contributed by atoms with Gasteiger partial charge < -0.3 is 4.42 Å². The molecule has 0 spiro atoms. The number of nitrogens with zero attached hydrogens (tertiary/aromatic N) is 2. The lowest BCUT2D eigenvalue weighted by molar-refractivity contribution is -0.122. The van der Waals surface area contributed by atoms with Gasteiger partial charge >= 0.3 is 0 Å². The van der Waals surface area contributed by atoms with Crippen LogP contribution in [0.1, 0.15) is 19.1 Å². The Hall–Kier alpha value is -1.98. The van der Waals surface area contributed by atoms with E-state index in [2.05, 4.69) is 4.99 Å². The first-order chi connectivity index (χ1) is 11.2. The number of amides is 1. The summed E-state index contributed by atoms with van der Waals surface area (Å²) >= 11 is 7.25. The average Bonchev–Trinajstić information content (AvgIpc) is 3.14. The predicted octanol–water partition coefficient (Wildman–Crippen LogP) is 4.95.